The monoisotopic (exact) mass is 269 g/mol. The highest BCUT2D eigenvalue weighted by molar-refractivity contribution is 6.05. The summed E-state index contributed by atoms with van der Waals surface area (Å²) >= 11 is 0. The van der Waals surface area contributed by atoms with E-state index in [1.54, 1.807) is 12.1 Å². The van der Waals surface area contributed by atoms with E-state index in [1.807, 2.05) is 36.1 Å². The maximum absolute atomic E-state index is 13.0. The van der Waals surface area contributed by atoms with Crippen molar-refractivity contribution in [3.63, 3.8) is 0 Å². The standard InChI is InChI=1S/C17H16FNO/c1-2-19-16-6-4-3-5-14(16)15(17(19)20)11-12-7-9-13(18)10-8-12/h3-10,15H,2,11H2,1H3. The van der Waals surface area contributed by atoms with Gasteiger partial charge in [-0.2, -0.15) is 0 Å². The zero-order valence-electron chi connectivity index (χ0n) is 11.3. The molecular formula is C17H16FNO. The van der Waals surface area contributed by atoms with Crippen molar-refractivity contribution in [2.45, 2.75) is 19.3 Å². The Kier molecular flexibility index (Phi) is 3.26. The van der Waals surface area contributed by atoms with Crippen molar-refractivity contribution < 1.29 is 9.18 Å². The van der Waals surface area contributed by atoms with E-state index in [0.717, 1.165) is 16.8 Å². The van der Waals surface area contributed by atoms with E-state index >= 15 is 0 Å². The lowest BCUT2D eigenvalue weighted by Crippen LogP contribution is -2.29. The van der Waals surface area contributed by atoms with Crippen LogP contribution in [0.1, 0.15) is 24.0 Å². The Morgan fingerprint density at radius 3 is 2.50 bits per heavy atom. The van der Waals surface area contributed by atoms with E-state index in [9.17, 15) is 9.18 Å². The third-order valence-corrected chi connectivity index (χ3v) is 3.84. The third kappa shape index (κ3) is 2.09. The van der Waals surface area contributed by atoms with E-state index in [4.69, 9.17) is 0 Å². The molecule has 1 aliphatic heterocycles. The topological polar surface area (TPSA) is 20.3 Å². The number of benzene rings is 2. The maximum atomic E-state index is 13.0. The van der Waals surface area contributed by atoms with Crippen molar-refractivity contribution >= 4 is 11.6 Å². The number of hydrogen-bond donors (Lipinski definition) is 0. The van der Waals surface area contributed by atoms with Gasteiger partial charge in [0, 0.05) is 12.2 Å². The highest BCUT2D eigenvalue weighted by Gasteiger charge is 2.35. The number of rotatable bonds is 3. The second-order valence-corrected chi connectivity index (χ2v) is 5.02. The highest BCUT2D eigenvalue weighted by atomic mass is 19.1. The van der Waals surface area contributed by atoms with Crippen molar-refractivity contribution in [1.29, 1.82) is 0 Å². The predicted octanol–water partition coefficient (Wildman–Crippen LogP) is 3.52. The van der Waals surface area contributed by atoms with Crippen molar-refractivity contribution in [2.24, 2.45) is 0 Å². The molecule has 1 atom stereocenters. The number of carbonyl (C=O) groups is 1. The molecule has 0 saturated carbocycles. The van der Waals surface area contributed by atoms with Gasteiger partial charge in [-0.1, -0.05) is 30.3 Å². The Hall–Kier alpha value is -2.16. The minimum atomic E-state index is -0.248. The summed E-state index contributed by atoms with van der Waals surface area (Å²) in [4.78, 5) is 14.3. The summed E-state index contributed by atoms with van der Waals surface area (Å²) in [5, 5.41) is 0. The Bertz CT molecular complexity index is 636. The van der Waals surface area contributed by atoms with Gasteiger partial charge in [-0.25, -0.2) is 4.39 Å². The van der Waals surface area contributed by atoms with Crippen LogP contribution in [0, 0.1) is 5.82 Å². The van der Waals surface area contributed by atoms with Gasteiger partial charge in [-0.05, 0) is 42.7 Å². The second-order valence-electron chi connectivity index (χ2n) is 5.02. The first-order chi connectivity index (χ1) is 9.70. The Balaban J connectivity index is 1.94. The number of likely N-dealkylation sites (N-methyl/N-ethyl adjacent to an activating group) is 1. The largest absolute Gasteiger partial charge is 0.312 e. The number of carbonyl (C=O) groups excluding carboxylic acids is 1. The summed E-state index contributed by atoms with van der Waals surface area (Å²) in [5.74, 6) is -0.267. The molecule has 20 heavy (non-hydrogen) atoms. The van der Waals surface area contributed by atoms with Gasteiger partial charge in [-0.3, -0.25) is 4.79 Å². The maximum Gasteiger partial charge on any atom is 0.234 e. The van der Waals surface area contributed by atoms with E-state index in [2.05, 4.69) is 0 Å². The van der Waals surface area contributed by atoms with Crippen LogP contribution in [0.4, 0.5) is 10.1 Å². The number of halogens is 1. The molecule has 0 aromatic heterocycles. The lowest BCUT2D eigenvalue weighted by Gasteiger charge is -2.15. The summed E-state index contributed by atoms with van der Waals surface area (Å²) < 4.78 is 13.0. The minimum absolute atomic E-state index is 0.137. The summed E-state index contributed by atoms with van der Waals surface area (Å²) in [6.07, 6.45) is 0.618. The molecule has 1 heterocycles. The van der Waals surface area contributed by atoms with E-state index in [-0.39, 0.29) is 17.6 Å². The highest BCUT2D eigenvalue weighted by Crippen LogP contribution is 2.38. The zero-order valence-corrected chi connectivity index (χ0v) is 11.3. The molecule has 0 bridgehead atoms. The van der Waals surface area contributed by atoms with Crippen molar-refractivity contribution in [1.82, 2.24) is 0 Å². The van der Waals surface area contributed by atoms with Crippen LogP contribution in [0.2, 0.25) is 0 Å². The van der Waals surface area contributed by atoms with E-state index < -0.39 is 0 Å². The van der Waals surface area contributed by atoms with Crippen LogP contribution >= 0.6 is 0 Å². The van der Waals surface area contributed by atoms with Crippen LogP contribution in [0.25, 0.3) is 0 Å². The molecule has 3 rings (SSSR count). The second kappa shape index (κ2) is 5.08. The first-order valence-corrected chi connectivity index (χ1v) is 6.85. The molecule has 2 aromatic rings. The van der Waals surface area contributed by atoms with Gasteiger partial charge in [0.15, 0.2) is 0 Å². The van der Waals surface area contributed by atoms with Gasteiger partial charge in [-0.15, -0.1) is 0 Å². The Morgan fingerprint density at radius 1 is 1.10 bits per heavy atom. The van der Waals surface area contributed by atoms with Crippen LogP contribution in [0.15, 0.2) is 48.5 Å². The molecule has 1 aliphatic rings. The van der Waals surface area contributed by atoms with Crippen molar-refractivity contribution in [3.8, 4) is 0 Å². The van der Waals surface area contributed by atoms with Gasteiger partial charge in [0.25, 0.3) is 0 Å². The van der Waals surface area contributed by atoms with Crippen molar-refractivity contribution in [3.05, 3.63) is 65.5 Å². The molecule has 0 saturated heterocycles. The fourth-order valence-corrected chi connectivity index (χ4v) is 2.85. The molecule has 2 aromatic carbocycles. The summed E-state index contributed by atoms with van der Waals surface area (Å²) in [5.41, 5.74) is 3.06. The number of hydrogen-bond acceptors (Lipinski definition) is 1. The molecule has 0 N–H and O–H groups in total. The molecular weight excluding hydrogens is 253 g/mol. The number of fused-ring (bicyclic) bond motifs is 1. The van der Waals surface area contributed by atoms with Crippen LogP contribution in [0.5, 0.6) is 0 Å². The minimum Gasteiger partial charge on any atom is -0.312 e. The molecule has 2 nitrogen and oxygen atoms in total. The van der Waals surface area contributed by atoms with Crippen molar-refractivity contribution in [2.75, 3.05) is 11.4 Å². The third-order valence-electron chi connectivity index (χ3n) is 3.84. The molecule has 0 fully saturated rings. The zero-order chi connectivity index (χ0) is 14.1. The van der Waals surface area contributed by atoms with Gasteiger partial charge >= 0.3 is 0 Å². The van der Waals surface area contributed by atoms with Crippen LogP contribution in [0.3, 0.4) is 0 Å². The Morgan fingerprint density at radius 2 is 1.80 bits per heavy atom. The number of anilines is 1. The van der Waals surface area contributed by atoms with Crippen LogP contribution in [-0.2, 0) is 11.2 Å². The molecule has 3 heteroatoms. The van der Waals surface area contributed by atoms with E-state index in [1.165, 1.54) is 12.1 Å². The average molecular weight is 269 g/mol. The fourth-order valence-electron chi connectivity index (χ4n) is 2.85. The SMILES string of the molecule is CCN1C(=O)C(Cc2ccc(F)cc2)c2ccccc21. The van der Waals surface area contributed by atoms with Gasteiger partial charge in [0.1, 0.15) is 5.82 Å². The molecule has 0 spiro atoms. The summed E-state index contributed by atoms with van der Waals surface area (Å²) in [6, 6.07) is 14.3. The fraction of sp³-hybridized carbons (Fsp3) is 0.235. The van der Waals surface area contributed by atoms with E-state index in [0.29, 0.717) is 13.0 Å². The number of nitrogens with zero attached hydrogens (tertiary/aromatic N) is 1. The molecule has 1 amide bonds. The first-order valence-electron chi connectivity index (χ1n) is 6.85. The number of para-hydroxylation sites is 1. The predicted molar refractivity (Wildman–Crippen MR) is 77.3 cm³/mol. The quantitative estimate of drug-likeness (QED) is 0.835. The van der Waals surface area contributed by atoms with Gasteiger partial charge < -0.3 is 4.90 Å². The van der Waals surface area contributed by atoms with Crippen LogP contribution < -0.4 is 4.90 Å². The van der Waals surface area contributed by atoms with Gasteiger partial charge in [0.05, 0.1) is 5.92 Å². The van der Waals surface area contributed by atoms with Gasteiger partial charge in [0.2, 0.25) is 5.91 Å². The normalized spacial score (nSPS) is 17.4. The molecule has 0 radical (unpaired) electrons. The molecule has 1 unspecified atom stereocenters. The molecule has 102 valence electrons. The summed E-state index contributed by atoms with van der Waals surface area (Å²) in [6.45, 7) is 2.66. The average Bonchev–Trinajstić information content (AvgIpc) is 2.74. The lowest BCUT2D eigenvalue weighted by atomic mass is 9.93. The number of amides is 1. The first kappa shape index (κ1) is 12.9. The smallest absolute Gasteiger partial charge is 0.234 e. The summed E-state index contributed by atoms with van der Waals surface area (Å²) in [7, 11) is 0. The van der Waals surface area contributed by atoms with Crippen LogP contribution in [-0.4, -0.2) is 12.5 Å². The lowest BCUT2D eigenvalue weighted by molar-refractivity contribution is -0.119. The molecule has 0 aliphatic carbocycles. The Labute approximate surface area is 117 Å².